The molecule has 0 bridgehead atoms. The Balaban J connectivity index is 1.82. The predicted molar refractivity (Wildman–Crippen MR) is 84.6 cm³/mol. The molecule has 1 aliphatic rings. The molecule has 0 spiro atoms. The van der Waals surface area contributed by atoms with E-state index >= 15 is 0 Å². The molecule has 1 amide bonds. The van der Waals surface area contributed by atoms with Gasteiger partial charge in [-0.1, -0.05) is 27.5 Å². The van der Waals surface area contributed by atoms with E-state index in [9.17, 15) is 4.79 Å². The number of fused-ring (bicyclic) bond motifs is 1. The monoisotopic (exact) mass is 371 g/mol. The molecule has 3 rings (SSSR count). The van der Waals surface area contributed by atoms with Crippen molar-refractivity contribution in [1.29, 1.82) is 0 Å². The van der Waals surface area contributed by atoms with E-state index in [2.05, 4.69) is 31.5 Å². The fraction of sp³-hybridized carbons (Fsp3) is 0.231. The highest BCUT2D eigenvalue weighted by molar-refractivity contribution is 9.10. The van der Waals surface area contributed by atoms with Crippen molar-refractivity contribution in [2.45, 2.75) is 13.0 Å². The third-order valence-corrected chi connectivity index (χ3v) is 4.83. The van der Waals surface area contributed by atoms with Crippen LogP contribution in [-0.2, 0) is 13.0 Å². The lowest BCUT2D eigenvalue weighted by Crippen LogP contribution is -2.22. The molecule has 104 valence electrons. The maximum atomic E-state index is 12.2. The van der Waals surface area contributed by atoms with E-state index in [-0.39, 0.29) is 5.91 Å². The maximum Gasteiger partial charge on any atom is 0.258 e. The molecule has 0 unspecified atom stereocenters. The quantitative estimate of drug-likeness (QED) is 0.849. The summed E-state index contributed by atoms with van der Waals surface area (Å²) in [5.41, 5.74) is 1.51. The Labute approximate surface area is 133 Å². The lowest BCUT2D eigenvalue weighted by Gasteiger charge is -2.09. The van der Waals surface area contributed by atoms with Gasteiger partial charge < -0.3 is 5.32 Å². The van der Waals surface area contributed by atoms with Crippen LogP contribution in [0, 0.1) is 0 Å². The van der Waals surface area contributed by atoms with Crippen LogP contribution in [0.5, 0.6) is 0 Å². The van der Waals surface area contributed by atoms with Gasteiger partial charge in [-0.3, -0.25) is 10.1 Å². The van der Waals surface area contributed by atoms with E-state index in [1.807, 2.05) is 0 Å². The van der Waals surface area contributed by atoms with E-state index in [0.717, 1.165) is 29.7 Å². The van der Waals surface area contributed by atoms with E-state index in [1.54, 1.807) is 18.2 Å². The summed E-state index contributed by atoms with van der Waals surface area (Å²) < 4.78 is 0.815. The van der Waals surface area contributed by atoms with Gasteiger partial charge in [0.15, 0.2) is 5.13 Å². The largest absolute Gasteiger partial charge is 0.311 e. The summed E-state index contributed by atoms with van der Waals surface area (Å²) in [6.07, 6.45) is 0.902. The van der Waals surface area contributed by atoms with Gasteiger partial charge in [-0.2, -0.15) is 0 Å². The minimum absolute atomic E-state index is 0.240. The van der Waals surface area contributed by atoms with Gasteiger partial charge in [-0.05, 0) is 18.2 Å². The second-order valence-corrected chi connectivity index (χ2v) is 6.80. The average molecular weight is 373 g/mol. The summed E-state index contributed by atoms with van der Waals surface area (Å²) >= 11 is 10.9. The first-order valence-electron chi connectivity index (χ1n) is 6.09. The van der Waals surface area contributed by atoms with E-state index < -0.39 is 0 Å². The molecule has 4 nitrogen and oxygen atoms in total. The predicted octanol–water partition coefficient (Wildman–Crippen LogP) is 3.46. The zero-order chi connectivity index (χ0) is 14.1. The van der Waals surface area contributed by atoms with Crippen LogP contribution in [0.4, 0.5) is 5.13 Å². The van der Waals surface area contributed by atoms with Gasteiger partial charge in [0, 0.05) is 28.9 Å². The number of thiazole rings is 1. The van der Waals surface area contributed by atoms with Crippen LogP contribution in [0.25, 0.3) is 0 Å². The summed E-state index contributed by atoms with van der Waals surface area (Å²) in [7, 11) is 0. The Morgan fingerprint density at radius 3 is 3.15 bits per heavy atom. The Hall–Kier alpha value is -0.950. The lowest BCUT2D eigenvalue weighted by molar-refractivity contribution is 0.102. The zero-order valence-corrected chi connectivity index (χ0v) is 13.5. The zero-order valence-electron chi connectivity index (χ0n) is 10.4. The summed E-state index contributed by atoms with van der Waals surface area (Å²) in [6.45, 7) is 1.75. The molecule has 2 heterocycles. The molecule has 0 saturated carbocycles. The maximum absolute atomic E-state index is 12.2. The van der Waals surface area contributed by atoms with E-state index in [4.69, 9.17) is 11.6 Å². The van der Waals surface area contributed by atoms with E-state index in [0.29, 0.717) is 15.7 Å². The molecule has 7 heteroatoms. The summed E-state index contributed by atoms with van der Waals surface area (Å²) in [5.74, 6) is -0.240. The number of benzene rings is 1. The fourth-order valence-electron chi connectivity index (χ4n) is 2.01. The third-order valence-electron chi connectivity index (χ3n) is 3.00. The Morgan fingerprint density at radius 2 is 2.35 bits per heavy atom. The van der Waals surface area contributed by atoms with Gasteiger partial charge in [0.2, 0.25) is 0 Å². The van der Waals surface area contributed by atoms with Crippen LogP contribution in [0.3, 0.4) is 0 Å². The summed E-state index contributed by atoms with van der Waals surface area (Å²) in [4.78, 5) is 17.9. The van der Waals surface area contributed by atoms with Crippen LogP contribution in [-0.4, -0.2) is 17.4 Å². The van der Waals surface area contributed by atoms with Crippen molar-refractivity contribution < 1.29 is 4.79 Å². The number of anilines is 1. The van der Waals surface area contributed by atoms with Crippen molar-refractivity contribution in [1.82, 2.24) is 10.3 Å². The van der Waals surface area contributed by atoms with Gasteiger partial charge in [-0.15, -0.1) is 11.3 Å². The number of amides is 1. The SMILES string of the molecule is O=C(Nc1nc2c(s1)CNCC2)c1cc(Br)ccc1Cl. The number of carbonyl (C=O) groups is 1. The van der Waals surface area contributed by atoms with Crippen LogP contribution >= 0.6 is 38.9 Å². The second-order valence-electron chi connectivity index (χ2n) is 4.39. The van der Waals surface area contributed by atoms with Crippen molar-refractivity contribution in [2.75, 3.05) is 11.9 Å². The molecular weight excluding hydrogens is 362 g/mol. The van der Waals surface area contributed by atoms with Crippen molar-refractivity contribution in [3.05, 3.63) is 43.8 Å². The van der Waals surface area contributed by atoms with Crippen LogP contribution in [0.2, 0.25) is 5.02 Å². The Kier molecular flexibility index (Phi) is 4.07. The molecule has 0 atom stereocenters. The number of hydrogen-bond acceptors (Lipinski definition) is 4. The van der Waals surface area contributed by atoms with Gasteiger partial charge in [-0.25, -0.2) is 4.98 Å². The molecular formula is C13H11BrClN3OS. The molecule has 1 aliphatic heterocycles. The van der Waals surface area contributed by atoms with E-state index in [1.165, 1.54) is 16.2 Å². The van der Waals surface area contributed by atoms with Crippen molar-refractivity contribution in [3.63, 3.8) is 0 Å². The normalized spacial score (nSPS) is 13.9. The molecule has 2 aromatic rings. The Bertz CT molecular complexity index is 650. The van der Waals surface area contributed by atoms with Crippen molar-refractivity contribution in [2.24, 2.45) is 0 Å². The molecule has 0 aliphatic carbocycles. The average Bonchev–Trinajstić information content (AvgIpc) is 2.83. The third kappa shape index (κ3) is 2.88. The molecule has 0 fully saturated rings. The van der Waals surface area contributed by atoms with Crippen LogP contribution in [0.1, 0.15) is 20.9 Å². The molecule has 2 N–H and O–H groups in total. The minimum Gasteiger partial charge on any atom is -0.311 e. The first-order chi connectivity index (χ1) is 9.63. The minimum atomic E-state index is -0.240. The highest BCUT2D eigenvalue weighted by atomic mass is 79.9. The van der Waals surface area contributed by atoms with Gasteiger partial charge >= 0.3 is 0 Å². The first-order valence-corrected chi connectivity index (χ1v) is 8.08. The second kappa shape index (κ2) is 5.81. The highest BCUT2D eigenvalue weighted by Crippen LogP contribution is 2.27. The topological polar surface area (TPSA) is 54.0 Å². The lowest BCUT2D eigenvalue weighted by atomic mass is 10.2. The number of rotatable bonds is 2. The Morgan fingerprint density at radius 1 is 1.50 bits per heavy atom. The summed E-state index contributed by atoms with van der Waals surface area (Å²) in [5, 5.41) is 7.15. The standard InChI is InChI=1S/C13H11BrClN3OS/c14-7-1-2-9(15)8(5-7)12(19)18-13-17-10-3-4-16-6-11(10)20-13/h1-2,5,16H,3-4,6H2,(H,17,18,19). The fourth-order valence-corrected chi connectivity index (χ4v) is 3.55. The van der Waals surface area contributed by atoms with Gasteiger partial charge in [0.25, 0.3) is 5.91 Å². The van der Waals surface area contributed by atoms with Crippen LogP contribution in [0.15, 0.2) is 22.7 Å². The van der Waals surface area contributed by atoms with Crippen LogP contribution < -0.4 is 10.6 Å². The molecule has 0 radical (unpaired) electrons. The number of nitrogens with one attached hydrogen (secondary N) is 2. The molecule has 20 heavy (non-hydrogen) atoms. The number of nitrogens with zero attached hydrogens (tertiary/aromatic N) is 1. The number of aromatic nitrogens is 1. The number of halogens is 2. The molecule has 0 saturated heterocycles. The van der Waals surface area contributed by atoms with Crippen molar-refractivity contribution in [3.8, 4) is 0 Å². The molecule has 1 aromatic heterocycles. The number of hydrogen-bond donors (Lipinski definition) is 2. The highest BCUT2D eigenvalue weighted by Gasteiger charge is 2.17. The number of carbonyl (C=O) groups excluding carboxylic acids is 1. The molecule has 1 aromatic carbocycles. The first kappa shape index (κ1) is 14.0. The smallest absolute Gasteiger partial charge is 0.258 e. The summed E-state index contributed by atoms with van der Waals surface area (Å²) in [6, 6.07) is 5.19. The van der Waals surface area contributed by atoms with Gasteiger partial charge in [0.05, 0.1) is 16.3 Å². The van der Waals surface area contributed by atoms with Gasteiger partial charge in [0.1, 0.15) is 0 Å². The van der Waals surface area contributed by atoms with Crippen molar-refractivity contribution >= 4 is 49.9 Å².